The summed E-state index contributed by atoms with van der Waals surface area (Å²) in [6.45, 7) is 8.25. The number of anilines is 1. The fraction of sp³-hybridized carbons (Fsp3) is 0.321. The van der Waals surface area contributed by atoms with Gasteiger partial charge in [0.15, 0.2) is 6.23 Å². The predicted molar refractivity (Wildman–Crippen MR) is 278 cm³/mol. The molecule has 0 saturated carbocycles. The maximum Gasteiger partial charge on any atom is 0.351 e. The van der Waals surface area contributed by atoms with Gasteiger partial charge in [0, 0.05) is 43.9 Å². The Bertz CT molecular complexity index is 2930. The Balaban J connectivity index is 1.02. The van der Waals surface area contributed by atoms with Gasteiger partial charge in [0.25, 0.3) is 13.9 Å². The van der Waals surface area contributed by atoms with Crippen molar-refractivity contribution in [2.24, 2.45) is 5.92 Å². The minimum atomic E-state index is -3.16. The van der Waals surface area contributed by atoms with E-state index in [2.05, 4.69) is 65.8 Å². The number of aliphatic hydroxyl groups excluding tert-OH is 1. The maximum atomic E-state index is 13.5. The smallest absolute Gasteiger partial charge is 0.351 e. The third-order valence-electron chi connectivity index (χ3n) is 13.9. The lowest BCUT2D eigenvalue weighted by Gasteiger charge is -2.45. The molecule has 72 heavy (non-hydrogen) atoms. The van der Waals surface area contributed by atoms with Gasteiger partial charge in [0.1, 0.15) is 29.9 Å². The summed E-state index contributed by atoms with van der Waals surface area (Å²) in [5.74, 6) is -0.308. The monoisotopic (exact) mass is 990 g/mol. The van der Waals surface area contributed by atoms with Crippen molar-refractivity contribution < 1.29 is 28.6 Å². The van der Waals surface area contributed by atoms with E-state index in [1.165, 1.54) is 15.3 Å². The molecule has 7 atom stereocenters. The number of nitrogens with zero attached hydrogens (tertiary/aromatic N) is 3. The Morgan fingerprint density at radius 3 is 1.79 bits per heavy atom. The van der Waals surface area contributed by atoms with Crippen LogP contribution in [0.1, 0.15) is 61.9 Å². The molecule has 0 spiro atoms. The van der Waals surface area contributed by atoms with Crippen molar-refractivity contribution in [2.45, 2.75) is 81.6 Å². The number of hydroxylamine groups is 1. The van der Waals surface area contributed by atoms with Crippen LogP contribution in [-0.4, -0.2) is 83.7 Å². The molecule has 15 nitrogen and oxygen atoms in total. The van der Waals surface area contributed by atoms with Gasteiger partial charge in [-0.05, 0) is 45.1 Å². The molecular weight excluding hydrogens is 929 g/mol. The van der Waals surface area contributed by atoms with Gasteiger partial charge in [-0.3, -0.25) is 23.8 Å². The Morgan fingerprint density at radius 2 is 1.28 bits per heavy atom. The van der Waals surface area contributed by atoms with E-state index in [1.54, 1.807) is 26.2 Å². The molecule has 9 rings (SSSR count). The standard InChI is InChI=1S/C56H62N6O9Si/c1-38-35-62(54(66)60-51(38)64)49-33-45(71-72(55(2,3)4,42-27-17-9-18-28-42)43-29-19-10-20-30-43)47(69-49)37-68-58-34-44-46(70-52(50(44)63)61-32-31-48(57-5)59-53(61)65)36-67-56(39-21-11-6-12-22-39,40-23-13-7-14-24-40)41-25-15-8-16-26-41/h6-32,35,44-47,49-50,52,58,63H,33-34,36-37H2,1-5H3,(H,57,59,65)(H,60,64,66)/t44-,45+,46-,47-,49-,50-,52-/m1/s1. The number of aryl methyl sites for hydroxylation is 1. The van der Waals surface area contributed by atoms with Gasteiger partial charge in [-0.2, -0.15) is 4.98 Å². The largest absolute Gasteiger partial charge is 0.402 e. The van der Waals surface area contributed by atoms with Crippen LogP contribution in [-0.2, 0) is 29.1 Å². The van der Waals surface area contributed by atoms with Crippen LogP contribution in [0.3, 0.4) is 0 Å². The molecular formula is C56H62N6O9Si. The van der Waals surface area contributed by atoms with Crippen molar-refractivity contribution in [2.75, 3.05) is 32.1 Å². The average molecular weight is 991 g/mol. The highest BCUT2D eigenvalue weighted by molar-refractivity contribution is 6.99. The SMILES string of the molecule is CNc1ccn([C@@H]2O[C@H](COC(c3ccccc3)(c3ccccc3)c3ccccc3)[C@@H](CNOC[C@H]3O[C@@H](n4cc(C)c(=O)[nH]c4=O)C[C@@H]3O[Si](c3ccccc3)(c3ccccc3)C(C)(C)C)[C@H]2O)c(=O)n1. The minimum Gasteiger partial charge on any atom is -0.402 e. The third kappa shape index (κ3) is 9.96. The van der Waals surface area contributed by atoms with E-state index in [1.807, 2.05) is 127 Å². The minimum absolute atomic E-state index is 0.00940. The van der Waals surface area contributed by atoms with Gasteiger partial charge in [0.2, 0.25) is 0 Å². The zero-order valence-corrected chi connectivity index (χ0v) is 42.1. The Kier molecular flexibility index (Phi) is 15.1. The summed E-state index contributed by atoms with van der Waals surface area (Å²) < 4.78 is 30.9. The maximum absolute atomic E-state index is 13.5. The van der Waals surface area contributed by atoms with Crippen molar-refractivity contribution in [1.82, 2.24) is 24.6 Å². The predicted octanol–water partition coefficient (Wildman–Crippen LogP) is 5.78. The molecule has 7 aromatic rings. The summed E-state index contributed by atoms with van der Waals surface area (Å²) in [5, 5.41) is 16.9. The quantitative estimate of drug-likeness (QED) is 0.0353. The van der Waals surface area contributed by atoms with Crippen LogP contribution in [0.25, 0.3) is 0 Å². The van der Waals surface area contributed by atoms with Gasteiger partial charge in [0.05, 0.1) is 25.4 Å². The van der Waals surface area contributed by atoms with E-state index in [0.29, 0.717) is 11.4 Å². The molecule has 2 saturated heterocycles. The molecule has 2 aliphatic rings. The second kappa shape index (κ2) is 21.6. The molecule has 16 heteroatoms. The van der Waals surface area contributed by atoms with Crippen molar-refractivity contribution in [3.8, 4) is 0 Å². The second-order valence-electron chi connectivity index (χ2n) is 19.4. The lowest BCUT2D eigenvalue weighted by Crippen LogP contribution is -2.68. The molecule has 5 aromatic carbocycles. The third-order valence-corrected chi connectivity index (χ3v) is 19.0. The number of aliphatic hydroxyl groups is 1. The summed E-state index contributed by atoms with van der Waals surface area (Å²) in [6, 6.07) is 52.1. The average Bonchev–Trinajstić information content (AvgIpc) is 3.95. The number of hydrogen-bond acceptors (Lipinski definition) is 12. The molecule has 0 radical (unpaired) electrons. The fourth-order valence-electron chi connectivity index (χ4n) is 10.3. The van der Waals surface area contributed by atoms with Crippen molar-refractivity contribution >= 4 is 24.5 Å². The number of hydrogen-bond donors (Lipinski definition) is 4. The Labute approximate surface area is 419 Å². The normalized spacial score (nSPS) is 21.4. The van der Waals surface area contributed by atoms with E-state index < -0.39 is 73.6 Å². The molecule has 4 heterocycles. The number of H-pyrrole nitrogens is 1. The zero-order chi connectivity index (χ0) is 50.5. The number of rotatable bonds is 18. The number of aromatic amines is 1. The number of ether oxygens (including phenoxy) is 3. The Hall–Kier alpha value is -6.60. The summed E-state index contributed by atoms with van der Waals surface area (Å²) >= 11 is 0. The Morgan fingerprint density at radius 1 is 0.736 bits per heavy atom. The summed E-state index contributed by atoms with van der Waals surface area (Å²) in [7, 11) is -1.49. The summed E-state index contributed by atoms with van der Waals surface area (Å²) in [4.78, 5) is 52.2. The van der Waals surface area contributed by atoms with E-state index in [9.17, 15) is 19.5 Å². The van der Waals surface area contributed by atoms with Crippen LogP contribution in [0.2, 0.25) is 5.04 Å². The van der Waals surface area contributed by atoms with E-state index in [0.717, 1.165) is 27.1 Å². The van der Waals surface area contributed by atoms with Gasteiger partial charge >= 0.3 is 11.4 Å². The van der Waals surface area contributed by atoms with E-state index in [4.69, 9.17) is 23.5 Å². The first kappa shape index (κ1) is 50.3. The highest BCUT2D eigenvalue weighted by Crippen LogP contribution is 2.44. The van der Waals surface area contributed by atoms with Crippen LogP contribution in [0.15, 0.2) is 185 Å². The highest BCUT2D eigenvalue weighted by Gasteiger charge is 2.54. The van der Waals surface area contributed by atoms with Crippen LogP contribution < -0.4 is 38.1 Å². The molecule has 2 aliphatic heterocycles. The molecule has 2 fully saturated rings. The first-order valence-corrected chi connectivity index (χ1v) is 26.3. The molecule has 2 aromatic heterocycles. The molecule has 0 aliphatic carbocycles. The lowest BCUT2D eigenvalue weighted by atomic mass is 9.80. The fourth-order valence-corrected chi connectivity index (χ4v) is 15.0. The van der Waals surface area contributed by atoms with Crippen LogP contribution in [0.4, 0.5) is 5.82 Å². The first-order valence-electron chi connectivity index (χ1n) is 24.4. The number of aromatic nitrogens is 4. The van der Waals surface area contributed by atoms with Gasteiger partial charge < -0.3 is 29.1 Å². The van der Waals surface area contributed by atoms with Gasteiger partial charge in [-0.1, -0.05) is 172 Å². The second-order valence-corrected chi connectivity index (χ2v) is 23.6. The van der Waals surface area contributed by atoms with Crippen LogP contribution in [0, 0.1) is 12.8 Å². The first-order chi connectivity index (χ1) is 34.8. The lowest BCUT2D eigenvalue weighted by molar-refractivity contribution is -0.0977. The molecule has 4 N–H and O–H groups in total. The number of nitrogens with one attached hydrogen (secondary N) is 3. The summed E-state index contributed by atoms with van der Waals surface area (Å²) in [5.41, 5.74) is 3.40. The molecule has 0 amide bonds. The van der Waals surface area contributed by atoms with Crippen LogP contribution in [0.5, 0.6) is 0 Å². The molecule has 374 valence electrons. The van der Waals surface area contributed by atoms with Crippen molar-refractivity contribution in [3.63, 3.8) is 0 Å². The molecule has 0 unspecified atom stereocenters. The van der Waals surface area contributed by atoms with Crippen molar-refractivity contribution in [3.05, 3.63) is 224 Å². The highest BCUT2D eigenvalue weighted by atomic mass is 28.4. The van der Waals surface area contributed by atoms with Gasteiger partial charge in [-0.25, -0.2) is 15.1 Å². The zero-order valence-electron chi connectivity index (χ0n) is 41.1. The van der Waals surface area contributed by atoms with E-state index in [-0.39, 0.29) is 31.2 Å². The molecule has 0 bridgehead atoms. The summed E-state index contributed by atoms with van der Waals surface area (Å²) in [6.07, 6.45) is -1.85. The topological polar surface area (TPSA) is 180 Å². The van der Waals surface area contributed by atoms with E-state index >= 15 is 0 Å². The van der Waals surface area contributed by atoms with Crippen molar-refractivity contribution in [1.29, 1.82) is 0 Å². The number of benzene rings is 5. The van der Waals surface area contributed by atoms with Gasteiger partial charge in [-0.15, -0.1) is 0 Å². The van der Waals surface area contributed by atoms with Crippen LogP contribution >= 0.6 is 0 Å².